The van der Waals surface area contributed by atoms with E-state index in [1.807, 2.05) is 24.3 Å². The van der Waals surface area contributed by atoms with Gasteiger partial charge in [0.15, 0.2) is 0 Å². The first-order chi connectivity index (χ1) is 12.0. The van der Waals surface area contributed by atoms with Crippen LogP contribution in [0.3, 0.4) is 0 Å². The van der Waals surface area contributed by atoms with Gasteiger partial charge in [-0.1, -0.05) is 11.6 Å². The van der Waals surface area contributed by atoms with Crippen LogP contribution in [0.5, 0.6) is 5.75 Å². The minimum absolute atomic E-state index is 0.0224. The van der Waals surface area contributed by atoms with Gasteiger partial charge in [0, 0.05) is 35.8 Å². The lowest BCUT2D eigenvalue weighted by atomic mass is 10.0. The number of benzene rings is 2. The fourth-order valence-electron chi connectivity index (χ4n) is 3.21. The molecule has 0 radical (unpaired) electrons. The van der Waals surface area contributed by atoms with Crippen LogP contribution in [-0.4, -0.2) is 17.6 Å². The molecular weight excluding hydrogens is 312 g/mol. The molecule has 0 bridgehead atoms. The topological polar surface area (TPSA) is 43.3 Å². The predicted molar refractivity (Wildman–Crippen MR) is 102 cm³/mol. The zero-order valence-corrected chi connectivity index (χ0v) is 15.2. The van der Waals surface area contributed by atoms with Crippen molar-refractivity contribution in [2.24, 2.45) is 7.05 Å². The lowest BCUT2D eigenvalue weighted by molar-refractivity contribution is -0.116. The summed E-state index contributed by atoms with van der Waals surface area (Å²) >= 11 is 0. The summed E-state index contributed by atoms with van der Waals surface area (Å²) in [5.74, 6) is 0.800. The van der Waals surface area contributed by atoms with Crippen LogP contribution in [0, 0.1) is 13.8 Å². The van der Waals surface area contributed by atoms with Crippen molar-refractivity contribution in [2.45, 2.75) is 26.7 Å². The van der Waals surface area contributed by atoms with E-state index in [-0.39, 0.29) is 5.91 Å². The fourth-order valence-corrected chi connectivity index (χ4v) is 3.21. The summed E-state index contributed by atoms with van der Waals surface area (Å²) in [6.45, 7) is 4.22. The maximum atomic E-state index is 12.3. The molecule has 25 heavy (non-hydrogen) atoms. The molecule has 4 nitrogen and oxygen atoms in total. The maximum Gasteiger partial charge on any atom is 0.224 e. The van der Waals surface area contributed by atoms with Crippen LogP contribution in [0.1, 0.15) is 23.2 Å². The number of aryl methyl sites for hydroxylation is 3. The first kappa shape index (κ1) is 17.1. The number of aromatic nitrogens is 1. The number of anilines is 1. The van der Waals surface area contributed by atoms with Crippen LogP contribution in [0.4, 0.5) is 5.69 Å². The van der Waals surface area contributed by atoms with Gasteiger partial charge in [-0.2, -0.15) is 0 Å². The van der Waals surface area contributed by atoms with Crippen molar-refractivity contribution in [3.8, 4) is 5.75 Å². The smallest absolute Gasteiger partial charge is 0.224 e. The number of fused-ring (bicyclic) bond motifs is 1. The summed E-state index contributed by atoms with van der Waals surface area (Å²) < 4.78 is 7.33. The van der Waals surface area contributed by atoms with Crippen LogP contribution in [0.25, 0.3) is 10.9 Å². The van der Waals surface area contributed by atoms with Crippen molar-refractivity contribution in [3.05, 3.63) is 59.3 Å². The summed E-state index contributed by atoms with van der Waals surface area (Å²) in [5.41, 5.74) is 5.72. The van der Waals surface area contributed by atoms with Gasteiger partial charge in [-0.3, -0.25) is 4.79 Å². The summed E-state index contributed by atoms with van der Waals surface area (Å²) in [6, 6.07) is 13.9. The molecule has 3 rings (SSSR count). The Hall–Kier alpha value is -2.75. The van der Waals surface area contributed by atoms with Gasteiger partial charge in [0.25, 0.3) is 0 Å². The van der Waals surface area contributed by atoms with Gasteiger partial charge in [0.1, 0.15) is 5.75 Å². The Labute approximate surface area is 148 Å². The van der Waals surface area contributed by atoms with Gasteiger partial charge < -0.3 is 14.6 Å². The first-order valence-electron chi connectivity index (χ1n) is 8.48. The summed E-state index contributed by atoms with van der Waals surface area (Å²) in [5, 5.41) is 4.20. The van der Waals surface area contributed by atoms with Crippen molar-refractivity contribution in [1.29, 1.82) is 0 Å². The molecule has 0 spiro atoms. The molecular formula is C21H24N2O2. The van der Waals surface area contributed by atoms with E-state index in [2.05, 4.69) is 49.0 Å². The van der Waals surface area contributed by atoms with Crippen LogP contribution in [-0.2, 0) is 18.3 Å². The monoisotopic (exact) mass is 336 g/mol. The predicted octanol–water partition coefficient (Wildman–Crippen LogP) is 4.38. The lowest BCUT2D eigenvalue weighted by Crippen LogP contribution is -2.12. The molecule has 0 atom stereocenters. The molecule has 0 fully saturated rings. The van der Waals surface area contributed by atoms with Gasteiger partial charge in [-0.15, -0.1) is 0 Å². The molecule has 130 valence electrons. The molecule has 0 aliphatic rings. The first-order valence-corrected chi connectivity index (χ1v) is 8.48. The maximum absolute atomic E-state index is 12.3. The molecule has 1 amide bonds. The number of ether oxygens (including phenoxy) is 1. The molecule has 0 aliphatic carbocycles. The van der Waals surface area contributed by atoms with Crippen LogP contribution < -0.4 is 10.1 Å². The molecule has 3 aromatic rings. The zero-order chi connectivity index (χ0) is 18.0. The number of hydrogen-bond donors (Lipinski definition) is 1. The summed E-state index contributed by atoms with van der Waals surface area (Å²) in [4.78, 5) is 12.3. The van der Waals surface area contributed by atoms with E-state index in [9.17, 15) is 4.79 Å². The van der Waals surface area contributed by atoms with Gasteiger partial charge in [0.2, 0.25) is 5.91 Å². The van der Waals surface area contributed by atoms with E-state index in [1.165, 1.54) is 27.7 Å². The molecule has 1 aromatic heterocycles. The fraction of sp³-hybridized carbons (Fsp3) is 0.286. The standard InChI is InChI=1S/C21H24N2O2/c1-14-5-11-20-19(13-14)18(15(2)23(20)3)10-12-21(24)22-16-6-8-17(25-4)9-7-16/h5-9,11,13H,10,12H2,1-4H3,(H,22,24). The van der Waals surface area contributed by atoms with E-state index in [4.69, 9.17) is 4.74 Å². The van der Waals surface area contributed by atoms with Gasteiger partial charge in [-0.25, -0.2) is 0 Å². The average Bonchev–Trinajstić information content (AvgIpc) is 2.84. The number of carbonyl (C=O) groups excluding carboxylic acids is 1. The molecule has 1 heterocycles. The number of amides is 1. The number of nitrogens with zero attached hydrogens (tertiary/aromatic N) is 1. The lowest BCUT2D eigenvalue weighted by Gasteiger charge is -2.07. The number of nitrogens with one attached hydrogen (secondary N) is 1. The van der Waals surface area contributed by atoms with E-state index in [1.54, 1.807) is 7.11 Å². The zero-order valence-electron chi connectivity index (χ0n) is 15.2. The normalized spacial score (nSPS) is 10.9. The van der Waals surface area contributed by atoms with E-state index in [0.717, 1.165) is 17.9 Å². The summed E-state index contributed by atoms with van der Waals surface area (Å²) in [6.07, 6.45) is 1.19. The van der Waals surface area contributed by atoms with Gasteiger partial charge >= 0.3 is 0 Å². The molecule has 0 unspecified atom stereocenters. The molecule has 0 saturated carbocycles. The van der Waals surface area contributed by atoms with Crippen LogP contribution in [0.15, 0.2) is 42.5 Å². The van der Waals surface area contributed by atoms with Crippen molar-refractivity contribution in [2.75, 3.05) is 12.4 Å². The van der Waals surface area contributed by atoms with Crippen molar-refractivity contribution in [3.63, 3.8) is 0 Å². The molecule has 2 aromatic carbocycles. The minimum atomic E-state index is 0.0224. The molecule has 4 heteroatoms. The second kappa shape index (κ2) is 7.01. The minimum Gasteiger partial charge on any atom is -0.497 e. The number of methoxy groups -OCH3 is 1. The van der Waals surface area contributed by atoms with E-state index >= 15 is 0 Å². The summed E-state index contributed by atoms with van der Waals surface area (Å²) in [7, 11) is 3.70. The molecule has 0 saturated heterocycles. The second-order valence-electron chi connectivity index (χ2n) is 6.42. The highest BCUT2D eigenvalue weighted by atomic mass is 16.5. The van der Waals surface area contributed by atoms with Crippen molar-refractivity contribution in [1.82, 2.24) is 4.57 Å². The Bertz CT molecular complexity index is 908. The highest BCUT2D eigenvalue weighted by Crippen LogP contribution is 2.27. The van der Waals surface area contributed by atoms with Crippen LogP contribution in [0.2, 0.25) is 0 Å². The quantitative estimate of drug-likeness (QED) is 0.751. The third-order valence-electron chi connectivity index (χ3n) is 4.75. The highest BCUT2D eigenvalue weighted by Gasteiger charge is 2.13. The number of rotatable bonds is 5. The Morgan fingerprint density at radius 3 is 2.52 bits per heavy atom. The third-order valence-corrected chi connectivity index (χ3v) is 4.75. The highest BCUT2D eigenvalue weighted by molar-refractivity contribution is 5.92. The second-order valence-corrected chi connectivity index (χ2v) is 6.42. The van der Waals surface area contributed by atoms with Crippen molar-refractivity contribution >= 4 is 22.5 Å². The van der Waals surface area contributed by atoms with Gasteiger partial charge in [0.05, 0.1) is 7.11 Å². The van der Waals surface area contributed by atoms with E-state index < -0.39 is 0 Å². The Morgan fingerprint density at radius 1 is 1.12 bits per heavy atom. The van der Waals surface area contributed by atoms with Crippen molar-refractivity contribution < 1.29 is 9.53 Å². The average molecular weight is 336 g/mol. The van der Waals surface area contributed by atoms with Crippen LogP contribution >= 0.6 is 0 Å². The molecule has 1 N–H and O–H groups in total. The largest absolute Gasteiger partial charge is 0.497 e. The Morgan fingerprint density at radius 2 is 1.84 bits per heavy atom. The Kier molecular flexibility index (Phi) is 4.79. The van der Waals surface area contributed by atoms with Gasteiger partial charge in [-0.05, 0) is 62.2 Å². The number of hydrogen-bond acceptors (Lipinski definition) is 2. The van der Waals surface area contributed by atoms with E-state index in [0.29, 0.717) is 6.42 Å². The third kappa shape index (κ3) is 3.53. The number of carbonyl (C=O) groups is 1. The SMILES string of the molecule is COc1ccc(NC(=O)CCc2c(C)n(C)c3ccc(C)cc23)cc1. The Balaban J connectivity index is 1.72. The molecule has 0 aliphatic heterocycles.